The summed E-state index contributed by atoms with van der Waals surface area (Å²) in [5.74, 6) is 0.137. The highest BCUT2D eigenvalue weighted by Gasteiger charge is 2.42. The number of likely N-dealkylation sites (tertiary alicyclic amines) is 1. The van der Waals surface area contributed by atoms with Crippen LogP contribution in [-0.4, -0.2) is 28.5 Å². The summed E-state index contributed by atoms with van der Waals surface area (Å²) in [5.41, 5.74) is 8.21. The lowest BCUT2D eigenvalue weighted by Crippen LogP contribution is -2.51. The van der Waals surface area contributed by atoms with Crippen molar-refractivity contribution in [2.75, 3.05) is 18.4 Å². The third-order valence-corrected chi connectivity index (χ3v) is 6.76. The van der Waals surface area contributed by atoms with Gasteiger partial charge in [-0.3, -0.25) is 4.79 Å². The highest BCUT2D eigenvalue weighted by molar-refractivity contribution is 5.94. The lowest BCUT2D eigenvalue weighted by molar-refractivity contribution is 0.0676. The van der Waals surface area contributed by atoms with Crippen molar-refractivity contribution in [3.63, 3.8) is 0 Å². The second-order valence-electron chi connectivity index (χ2n) is 8.53. The van der Waals surface area contributed by atoms with Gasteiger partial charge in [-0.25, -0.2) is 0 Å². The minimum Gasteiger partial charge on any atom is -0.372 e. The molecule has 1 saturated heterocycles. The molecular weight excluding hydrogens is 358 g/mol. The van der Waals surface area contributed by atoms with E-state index in [9.17, 15) is 4.79 Å². The molecule has 0 atom stereocenters. The molecule has 3 aromatic rings. The molecule has 2 aliphatic rings. The van der Waals surface area contributed by atoms with Crippen LogP contribution in [0.3, 0.4) is 0 Å². The Morgan fingerprint density at radius 2 is 1.69 bits per heavy atom. The van der Waals surface area contributed by atoms with Crippen molar-refractivity contribution >= 4 is 11.6 Å². The fourth-order valence-corrected chi connectivity index (χ4v) is 4.85. The van der Waals surface area contributed by atoms with Crippen molar-refractivity contribution in [3.8, 4) is 5.69 Å². The number of fused-ring (bicyclic) bond motifs is 4. The highest BCUT2D eigenvalue weighted by atomic mass is 16.2. The normalized spacial score (nSPS) is 16.9. The third-order valence-electron chi connectivity index (χ3n) is 6.76. The number of piperidine rings is 1. The Bertz CT molecular complexity index is 1090. The average molecular weight is 386 g/mol. The van der Waals surface area contributed by atoms with Gasteiger partial charge >= 0.3 is 0 Å². The molecule has 0 radical (unpaired) electrons. The zero-order valence-electron chi connectivity index (χ0n) is 17.3. The zero-order valence-corrected chi connectivity index (χ0v) is 17.3. The minimum absolute atomic E-state index is 0.123. The number of aromatic nitrogens is 1. The maximum Gasteiger partial charge on any atom is 0.253 e. The highest BCUT2D eigenvalue weighted by Crippen LogP contribution is 2.44. The lowest BCUT2D eigenvalue weighted by atomic mass is 9.81. The monoisotopic (exact) mass is 385 g/mol. The Hall–Kier alpha value is -3.01. The fourth-order valence-electron chi connectivity index (χ4n) is 4.85. The van der Waals surface area contributed by atoms with E-state index in [-0.39, 0.29) is 11.4 Å². The van der Waals surface area contributed by atoms with Crippen molar-refractivity contribution in [2.24, 2.45) is 0 Å². The summed E-state index contributed by atoms with van der Waals surface area (Å²) in [7, 11) is 0. The number of anilines is 1. The van der Waals surface area contributed by atoms with E-state index in [1.807, 2.05) is 36.1 Å². The molecule has 0 bridgehead atoms. The van der Waals surface area contributed by atoms with Gasteiger partial charge < -0.3 is 14.8 Å². The number of nitrogens with zero attached hydrogens (tertiary/aromatic N) is 2. The van der Waals surface area contributed by atoms with Gasteiger partial charge in [0, 0.05) is 30.5 Å². The van der Waals surface area contributed by atoms with Gasteiger partial charge in [-0.2, -0.15) is 0 Å². The van der Waals surface area contributed by atoms with Crippen LogP contribution in [0.2, 0.25) is 0 Å². The first-order valence-electron chi connectivity index (χ1n) is 10.4. The van der Waals surface area contributed by atoms with Gasteiger partial charge in [0.05, 0.1) is 16.9 Å². The van der Waals surface area contributed by atoms with Crippen LogP contribution < -0.4 is 5.32 Å². The molecule has 2 aliphatic heterocycles. The number of aryl methyl sites for hydroxylation is 2. The number of hydrogen-bond acceptors (Lipinski definition) is 2. The van der Waals surface area contributed by atoms with Crippen LogP contribution in [0.25, 0.3) is 5.69 Å². The second-order valence-corrected chi connectivity index (χ2v) is 8.53. The van der Waals surface area contributed by atoms with Gasteiger partial charge in [0.15, 0.2) is 0 Å². The Morgan fingerprint density at radius 3 is 2.41 bits per heavy atom. The number of hydrogen-bond donors (Lipinski definition) is 1. The quantitative estimate of drug-likeness (QED) is 0.643. The Balaban J connectivity index is 1.43. The van der Waals surface area contributed by atoms with Crippen LogP contribution in [0.15, 0.2) is 54.7 Å². The first-order chi connectivity index (χ1) is 14.0. The largest absolute Gasteiger partial charge is 0.372 e. The number of carbonyl (C=O) groups excluding carboxylic acids is 1. The van der Waals surface area contributed by atoms with Crippen molar-refractivity contribution < 1.29 is 4.79 Å². The van der Waals surface area contributed by atoms with Crippen molar-refractivity contribution in [1.29, 1.82) is 0 Å². The minimum atomic E-state index is -0.123. The van der Waals surface area contributed by atoms with Crippen LogP contribution in [0.5, 0.6) is 0 Å². The van der Waals surface area contributed by atoms with Crippen molar-refractivity contribution in [2.45, 2.75) is 39.2 Å². The van der Waals surface area contributed by atoms with Gasteiger partial charge in [-0.05, 0) is 75.1 Å². The van der Waals surface area contributed by atoms with Crippen LogP contribution in [0.1, 0.15) is 45.6 Å². The predicted molar refractivity (Wildman–Crippen MR) is 117 cm³/mol. The summed E-state index contributed by atoms with van der Waals surface area (Å²) in [6, 6.07) is 16.7. The van der Waals surface area contributed by atoms with Gasteiger partial charge in [-0.1, -0.05) is 23.8 Å². The Morgan fingerprint density at radius 1 is 0.966 bits per heavy atom. The van der Waals surface area contributed by atoms with E-state index in [1.54, 1.807) is 0 Å². The average Bonchev–Trinajstić information content (AvgIpc) is 3.22. The van der Waals surface area contributed by atoms with Gasteiger partial charge in [0.25, 0.3) is 5.91 Å². The maximum absolute atomic E-state index is 13.0. The van der Waals surface area contributed by atoms with Gasteiger partial charge in [-0.15, -0.1) is 0 Å². The summed E-state index contributed by atoms with van der Waals surface area (Å²) < 4.78 is 2.35. The molecule has 1 fully saturated rings. The van der Waals surface area contributed by atoms with Crippen molar-refractivity contribution in [1.82, 2.24) is 9.47 Å². The molecule has 1 N–H and O–H groups in total. The number of benzene rings is 2. The van der Waals surface area contributed by atoms with E-state index < -0.39 is 0 Å². The summed E-state index contributed by atoms with van der Waals surface area (Å²) in [6.45, 7) is 7.92. The van der Waals surface area contributed by atoms with E-state index in [0.717, 1.165) is 31.5 Å². The molecule has 3 heterocycles. The van der Waals surface area contributed by atoms with Crippen molar-refractivity contribution in [3.05, 3.63) is 82.7 Å². The number of nitrogens with one attached hydrogen (secondary N) is 1. The standard InChI is InChI=1S/C25H27N3O/c1-17-6-9-20(10-7-17)24(29)27-15-12-25(13-16-27)22-5-4-14-28(22)23-19(3)18(2)8-11-21(23)26-25/h4-11,14,26H,12-13,15-16H2,1-3H3. The molecule has 0 saturated carbocycles. The lowest BCUT2D eigenvalue weighted by Gasteiger charge is -2.46. The maximum atomic E-state index is 13.0. The molecule has 4 heteroatoms. The molecule has 29 heavy (non-hydrogen) atoms. The zero-order chi connectivity index (χ0) is 20.2. The van der Waals surface area contributed by atoms with E-state index in [0.29, 0.717) is 0 Å². The second kappa shape index (κ2) is 6.51. The van der Waals surface area contributed by atoms with Crippen LogP contribution in [0, 0.1) is 20.8 Å². The summed E-state index contributed by atoms with van der Waals surface area (Å²) in [5, 5.41) is 3.87. The molecule has 1 aromatic heterocycles. The first-order valence-corrected chi connectivity index (χ1v) is 10.4. The SMILES string of the molecule is Cc1ccc(C(=O)N2CCC3(CC2)Nc2ccc(C)c(C)c2-n2cccc23)cc1. The molecule has 5 rings (SSSR count). The Labute approximate surface area is 172 Å². The molecule has 4 nitrogen and oxygen atoms in total. The van der Waals surface area contributed by atoms with Gasteiger partial charge in [0.2, 0.25) is 0 Å². The van der Waals surface area contributed by atoms with Crippen LogP contribution >= 0.6 is 0 Å². The number of rotatable bonds is 1. The van der Waals surface area contributed by atoms with E-state index in [1.165, 1.54) is 33.8 Å². The molecular formula is C25H27N3O. The molecule has 0 aliphatic carbocycles. The molecule has 148 valence electrons. The number of carbonyl (C=O) groups is 1. The summed E-state index contributed by atoms with van der Waals surface area (Å²) in [4.78, 5) is 15.0. The topological polar surface area (TPSA) is 37.3 Å². The fraction of sp³-hybridized carbons (Fsp3) is 0.320. The Kier molecular flexibility index (Phi) is 4.05. The molecule has 0 unspecified atom stereocenters. The third kappa shape index (κ3) is 2.78. The predicted octanol–water partition coefficient (Wildman–Crippen LogP) is 4.96. The molecule has 2 aromatic carbocycles. The van der Waals surface area contributed by atoms with E-state index in [4.69, 9.17) is 0 Å². The smallest absolute Gasteiger partial charge is 0.253 e. The summed E-state index contributed by atoms with van der Waals surface area (Å²) in [6.07, 6.45) is 3.98. The first kappa shape index (κ1) is 18.0. The molecule has 1 amide bonds. The molecule has 1 spiro atoms. The van der Waals surface area contributed by atoms with Crippen LogP contribution in [-0.2, 0) is 5.54 Å². The van der Waals surface area contributed by atoms with E-state index in [2.05, 4.69) is 54.2 Å². The van der Waals surface area contributed by atoms with Gasteiger partial charge in [0.1, 0.15) is 0 Å². The van der Waals surface area contributed by atoms with Crippen LogP contribution in [0.4, 0.5) is 5.69 Å². The van der Waals surface area contributed by atoms with E-state index >= 15 is 0 Å². The summed E-state index contributed by atoms with van der Waals surface area (Å²) >= 11 is 0. The number of amides is 1.